The van der Waals surface area contributed by atoms with Gasteiger partial charge in [-0.3, -0.25) is 4.68 Å². The zero-order valence-corrected chi connectivity index (χ0v) is 9.90. The third kappa shape index (κ3) is 2.07. The number of hydrogen-bond acceptors (Lipinski definition) is 3. The SMILES string of the molecule is Oc1ccc2c(ccn2CCCn2ccnn2)c1. The molecule has 0 bridgehead atoms. The molecule has 0 aliphatic rings. The van der Waals surface area contributed by atoms with E-state index in [0.717, 1.165) is 30.4 Å². The zero-order valence-electron chi connectivity index (χ0n) is 9.90. The van der Waals surface area contributed by atoms with Crippen LogP contribution in [0, 0.1) is 0 Å². The molecule has 1 N–H and O–H groups in total. The van der Waals surface area contributed by atoms with Crippen LogP contribution in [0.1, 0.15) is 6.42 Å². The Kier molecular flexibility index (Phi) is 2.72. The number of aryl methyl sites for hydroxylation is 2. The number of fused-ring (bicyclic) bond motifs is 1. The third-order valence-electron chi connectivity index (χ3n) is 3.01. The molecule has 0 aliphatic carbocycles. The van der Waals surface area contributed by atoms with Crippen LogP contribution in [0.15, 0.2) is 42.9 Å². The molecule has 1 aromatic carbocycles. The minimum atomic E-state index is 0.308. The van der Waals surface area contributed by atoms with Crippen LogP contribution in [-0.4, -0.2) is 24.7 Å². The molecular weight excluding hydrogens is 228 g/mol. The van der Waals surface area contributed by atoms with Crippen LogP contribution in [0.3, 0.4) is 0 Å². The number of benzene rings is 1. The summed E-state index contributed by atoms with van der Waals surface area (Å²) in [6, 6.07) is 7.46. The van der Waals surface area contributed by atoms with Gasteiger partial charge in [0, 0.05) is 36.4 Å². The first-order valence-corrected chi connectivity index (χ1v) is 5.95. The number of phenols is 1. The van der Waals surface area contributed by atoms with Gasteiger partial charge in [-0.05, 0) is 30.7 Å². The molecule has 0 aliphatic heterocycles. The van der Waals surface area contributed by atoms with Crippen LogP contribution in [0.2, 0.25) is 0 Å². The Labute approximate surface area is 104 Å². The highest BCUT2D eigenvalue weighted by Crippen LogP contribution is 2.21. The maximum absolute atomic E-state index is 9.41. The molecule has 5 nitrogen and oxygen atoms in total. The summed E-state index contributed by atoms with van der Waals surface area (Å²) in [5.74, 6) is 0.308. The minimum absolute atomic E-state index is 0.308. The monoisotopic (exact) mass is 242 g/mol. The molecule has 3 aromatic rings. The van der Waals surface area contributed by atoms with Crippen LogP contribution in [0.4, 0.5) is 0 Å². The van der Waals surface area contributed by atoms with Gasteiger partial charge in [0.1, 0.15) is 5.75 Å². The number of phenolic OH excluding ortho intramolecular Hbond substituents is 1. The van der Waals surface area contributed by atoms with Gasteiger partial charge in [0.25, 0.3) is 0 Å². The van der Waals surface area contributed by atoms with Crippen molar-refractivity contribution in [2.45, 2.75) is 19.5 Å². The Bertz CT molecular complexity index is 642. The van der Waals surface area contributed by atoms with Gasteiger partial charge in [0.2, 0.25) is 0 Å². The maximum Gasteiger partial charge on any atom is 0.116 e. The predicted molar refractivity (Wildman–Crippen MR) is 68.2 cm³/mol. The molecule has 0 fully saturated rings. The molecule has 0 amide bonds. The summed E-state index contributed by atoms with van der Waals surface area (Å²) in [5, 5.41) is 18.2. The summed E-state index contributed by atoms with van der Waals surface area (Å²) in [6.07, 6.45) is 6.60. The quantitative estimate of drug-likeness (QED) is 0.761. The first-order valence-electron chi connectivity index (χ1n) is 5.95. The van der Waals surface area contributed by atoms with Crippen molar-refractivity contribution >= 4 is 10.9 Å². The molecular formula is C13H14N4O. The molecule has 0 unspecified atom stereocenters. The average molecular weight is 242 g/mol. The summed E-state index contributed by atoms with van der Waals surface area (Å²) in [6.45, 7) is 1.78. The van der Waals surface area contributed by atoms with Crippen molar-refractivity contribution in [1.29, 1.82) is 0 Å². The predicted octanol–water partition coefficient (Wildman–Crippen LogP) is 2.03. The van der Waals surface area contributed by atoms with E-state index in [4.69, 9.17) is 0 Å². The molecule has 2 heterocycles. The lowest BCUT2D eigenvalue weighted by atomic mass is 10.2. The fourth-order valence-corrected chi connectivity index (χ4v) is 2.14. The first kappa shape index (κ1) is 10.8. The normalized spacial score (nSPS) is 11.1. The van der Waals surface area contributed by atoms with Gasteiger partial charge in [-0.1, -0.05) is 5.21 Å². The molecule has 0 saturated carbocycles. The molecule has 5 heteroatoms. The summed E-state index contributed by atoms with van der Waals surface area (Å²) in [5.41, 5.74) is 1.14. The van der Waals surface area contributed by atoms with Crippen molar-refractivity contribution in [1.82, 2.24) is 19.6 Å². The molecule has 0 atom stereocenters. The Balaban J connectivity index is 1.71. The van der Waals surface area contributed by atoms with Crippen LogP contribution in [0.5, 0.6) is 5.75 Å². The number of aromatic nitrogens is 4. The molecule has 0 radical (unpaired) electrons. The highest BCUT2D eigenvalue weighted by molar-refractivity contribution is 5.81. The van der Waals surface area contributed by atoms with Crippen molar-refractivity contribution in [3.05, 3.63) is 42.9 Å². The second-order valence-corrected chi connectivity index (χ2v) is 4.27. The van der Waals surface area contributed by atoms with E-state index in [1.165, 1.54) is 0 Å². The van der Waals surface area contributed by atoms with E-state index in [1.54, 1.807) is 18.3 Å². The second-order valence-electron chi connectivity index (χ2n) is 4.27. The van der Waals surface area contributed by atoms with Gasteiger partial charge in [-0.2, -0.15) is 0 Å². The highest BCUT2D eigenvalue weighted by atomic mass is 16.3. The maximum atomic E-state index is 9.41. The average Bonchev–Trinajstić information content (AvgIpc) is 2.99. The Morgan fingerprint density at radius 3 is 2.89 bits per heavy atom. The molecule has 0 spiro atoms. The lowest BCUT2D eigenvalue weighted by molar-refractivity contribution is 0.476. The van der Waals surface area contributed by atoms with Crippen LogP contribution in [-0.2, 0) is 13.1 Å². The lowest BCUT2D eigenvalue weighted by Crippen LogP contribution is -2.03. The van der Waals surface area contributed by atoms with E-state index in [0.29, 0.717) is 5.75 Å². The van der Waals surface area contributed by atoms with Crippen LogP contribution >= 0.6 is 0 Å². The van der Waals surface area contributed by atoms with Crippen LogP contribution in [0.25, 0.3) is 10.9 Å². The zero-order chi connectivity index (χ0) is 12.4. The fraction of sp³-hybridized carbons (Fsp3) is 0.231. The molecule has 3 rings (SSSR count). The first-order chi connectivity index (χ1) is 8.83. The van der Waals surface area contributed by atoms with Crippen LogP contribution < -0.4 is 0 Å². The van der Waals surface area contributed by atoms with Crippen molar-refractivity contribution in [2.75, 3.05) is 0 Å². The second kappa shape index (κ2) is 4.52. The van der Waals surface area contributed by atoms with Gasteiger partial charge in [0.15, 0.2) is 0 Å². The summed E-state index contributed by atoms with van der Waals surface area (Å²) in [7, 11) is 0. The smallest absolute Gasteiger partial charge is 0.116 e. The van der Waals surface area contributed by atoms with E-state index in [2.05, 4.69) is 14.9 Å². The summed E-state index contributed by atoms with van der Waals surface area (Å²) < 4.78 is 4.02. The van der Waals surface area contributed by atoms with Gasteiger partial charge in [0.05, 0.1) is 6.20 Å². The number of nitrogens with zero attached hydrogens (tertiary/aromatic N) is 4. The fourth-order valence-electron chi connectivity index (χ4n) is 2.14. The summed E-state index contributed by atoms with van der Waals surface area (Å²) in [4.78, 5) is 0. The van der Waals surface area contributed by atoms with E-state index in [1.807, 2.05) is 29.2 Å². The van der Waals surface area contributed by atoms with E-state index >= 15 is 0 Å². The Morgan fingerprint density at radius 1 is 1.11 bits per heavy atom. The molecule has 0 saturated heterocycles. The number of rotatable bonds is 4. The molecule has 18 heavy (non-hydrogen) atoms. The van der Waals surface area contributed by atoms with Crippen molar-refractivity contribution in [2.24, 2.45) is 0 Å². The minimum Gasteiger partial charge on any atom is -0.508 e. The standard InChI is InChI=1S/C13H14N4O/c18-12-2-3-13-11(10-12)4-8-16(13)6-1-7-17-9-5-14-15-17/h2-5,8-10,18H,1,6-7H2. The summed E-state index contributed by atoms with van der Waals surface area (Å²) >= 11 is 0. The number of hydrogen-bond donors (Lipinski definition) is 1. The Morgan fingerprint density at radius 2 is 2.06 bits per heavy atom. The van der Waals surface area contributed by atoms with Crippen molar-refractivity contribution < 1.29 is 5.11 Å². The van der Waals surface area contributed by atoms with Gasteiger partial charge < -0.3 is 9.67 Å². The number of aromatic hydroxyl groups is 1. The van der Waals surface area contributed by atoms with Crippen molar-refractivity contribution in [3.63, 3.8) is 0 Å². The van der Waals surface area contributed by atoms with Crippen molar-refractivity contribution in [3.8, 4) is 5.75 Å². The van der Waals surface area contributed by atoms with E-state index in [-0.39, 0.29) is 0 Å². The topological polar surface area (TPSA) is 55.9 Å². The van der Waals surface area contributed by atoms with E-state index in [9.17, 15) is 5.11 Å². The van der Waals surface area contributed by atoms with Gasteiger partial charge in [-0.15, -0.1) is 5.10 Å². The van der Waals surface area contributed by atoms with Gasteiger partial charge in [-0.25, -0.2) is 0 Å². The molecule has 92 valence electrons. The largest absolute Gasteiger partial charge is 0.508 e. The lowest BCUT2D eigenvalue weighted by Gasteiger charge is -2.05. The van der Waals surface area contributed by atoms with Gasteiger partial charge >= 0.3 is 0 Å². The Hall–Kier alpha value is -2.30. The molecule has 2 aromatic heterocycles. The highest BCUT2D eigenvalue weighted by Gasteiger charge is 2.01. The van der Waals surface area contributed by atoms with E-state index < -0.39 is 0 Å². The third-order valence-corrected chi connectivity index (χ3v) is 3.01.